The van der Waals surface area contributed by atoms with E-state index in [-0.39, 0.29) is 11.6 Å². The lowest BCUT2D eigenvalue weighted by Gasteiger charge is -2.24. The Balaban J connectivity index is 1.57. The van der Waals surface area contributed by atoms with E-state index in [2.05, 4.69) is 31.2 Å². The van der Waals surface area contributed by atoms with Gasteiger partial charge in [0.05, 0.1) is 11.1 Å². The molecule has 0 radical (unpaired) electrons. The van der Waals surface area contributed by atoms with Gasteiger partial charge in [-0.1, -0.05) is 41.9 Å². The van der Waals surface area contributed by atoms with Crippen LogP contribution < -0.4 is 21.3 Å². The molecule has 208 valence electrons. The molecule has 3 aromatic carbocycles. The minimum absolute atomic E-state index is 0.0953. The molecule has 1 amide bonds. The van der Waals surface area contributed by atoms with Gasteiger partial charge in [0.2, 0.25) is 11.9 Å². The third-order valence-electron chi connectivity index (χ3n) is 6.62. The molecule has 0 bridgehead atoms. The van der Waals surface area contributed by atoms with Crippen LogP contribution in [0, 0.1) is 12.7 Å². The third kappa shape index (κ3) is 7.14. The average Bonchev–Trinajstić information content (AvgIpc) is 2.92. The number of nitrogens with one attached hydrogen (secondary N) is 4. The number of carbonyl (C=O) groups is 1. The van der Waals surface area contributed by atoms with Gasteiger partial charge in [-0.2, -0.15) is 4.98 Å². The maximum atomic E-state index is 15.3. The molecule has 0 saturated heterocycles. The Hall–Kier alpha value is -4.01. The van der Waals surface area contributed by atoms with Gasteiger partial charge in [-0.3, -0.25) is 4.79 Å². The van der Waals surface area contributed by atoms with Gasteiger partial charge in [-0.05, 0) is 93.9 Å². The quantitative estimate of drug-likeness (QED) is 0.149. The van der Waals surface area contributed by atoms with Gasteiger partial charge >= 0.3 is 0 Å². The molecule has 0 aliphatic heterocycles. The third-order valence-corrected chi connectivity index (χ3v) is 6.87. The summed E-state index contributed by atoms with van der Waals surface area (Å²) in [6, 6.07) is 19.7. The number of aromatic nitrogens is 2. The van der Waals surface area contributed by atoms with Crippen LogP contribution in [0.4, 0.5) is 27.5 Å². The van der Waals surface area contributed by atoms with E-state index in [0.29, 0.717) is 34.5 Å². The van der Waals surface area contributed by atoms with E-state index < -0.39 is 11.2 Å². The van der Waals surface area contributed by atoms with Gasteiger partial charge in [0.15, 0.2) is 0 Å². The molecule has 0 unspecified atom stereocenters. The van der Waals surface area contributed by atoms with Crippen molar-refractivity contribution in [2.45, 2.75) is 32.6 Å². The first kappa shape index (κ1) is 29.0. The molecule has 4 aromatic rings. The van der Waals surface area contributed by atoms with Crippen molar-refractivity contribution in [2.24, 2.45) is 0 Å². The molecule has 40 heavy (non-hydrogen) atoms. The minimum Gasteiger partial charge on any atom is -0.369 e. The van der Waals surface area contributed by atoms with Crippen LogP contribution in [0.2, 0.25) is 5.02 Å². The van der Waals surface area contributed by atoms with E-state index in [1.54, 1.807) is 56.4 Å². The van der Waals surface area contributed by atoms with Crippen molar-refractivity contribution in [1.82, 2.24) is 15.3 Å². The summed E-state index contributed by atoms with van der Waals surface area (Å²) in [7, 11) is 1.90. The number of halogens is 2. The molecule has 0 atom stereocenters. The minimum atomic E-state index is -0.895. The Bertz CT molecular complexity index is 1480. The second kappa shape index (κ2) is 12.9. The van der Waals surface area contributed by atoms with E-state index >= 15 is 4.39 Å². The van der Waals surface area contributed by atoms with Crippen LogP contribution in [0.15, 0.2) is 72.9 Å². The smallest absolute Gasteiger partial charge is 0.234 e. The number of anilines is 4. The predicted molar refractivity (Wildman–Crippen MR) is 162 cm³/mol. The molecule has 1 heterocycles. The van der Waals surface area contributed by atoms with Crippen LogP contribution in [-0.4, -0.2) is 36.0 Å². The summed E-state index contributed by atoms with van der Waals surface area (Å²) >= 11 is 5.99. The average molecular weight is 561 g/mol. The zero-order valence-corrected chi connectivity index (χ0v) is 23.9. The molecule has 0 aliphatic carbocycles. The van der Waals surface area contributed by atoms with Crippen LogP contribution in [0.25, 0.3) is 11.1 Å². The van der Waals surface area contributed by atoms with Crippen molar-refractivity contribution >= 4 is 40.6 Å². The fourth-order valence-electron chi connectivity index (χ4n) is 4.17. The van der Waals surface area contributed by atoms with Crippen LogP contribution in [0.1, 0.15) is 31.4 Å². The van der Waals surface area contributed by atoms with Crippen molar-refractivity contribution in [1.29, 1.82) is 0 Å². The van der Waals surface area contributed by atoms with Crippen molar-refractivity contribution in [3.63, 3.8) is 0 Å². The predicted octanol–water partition coefficient (Wildman–Crippen LogP) is 6.93. The number of hydrogen-bond acceptors (Lipinski definition) is 6. The summed E-state index contributed by atoms with van der Waals surface area (Å²) in [5.41, 5.74) is 3.21. The summed E-state index contributed by atoms with van der Waals surface area (Å²) in [5, 5.41) is 13.0. The molecule has 7 nitrogen and oxygen atoms in total. The largest absolute Gasteiger partial charge is 0.369 e. The molecule has 0 saturated carbocycles. The normalized spacial score (nSPS) is 11.2. The highest BCUT2D eigenvalue weighted by Gasteiger charge is 2.30. The molecule has 0 spiro atoms. The van der Waals surface area contributed by atoms with E-state index in [9.17, 15) is 4.79 Å². The lowest BCUT2D eigenvalue weighted by molar-refractivity contribution is -0.120. The lowest BCUT2D eigenvalue weighted by Crippen LogP contribution is -2.35. The highest BCUT2D eigenvalue weighted by atomic mass is 35.5. The fourth-order valence-corrected chi connectivity index (χ4v) is 4.30. The topological polar surface area (TPSA) is 91.0 Å². The fraction of sp³-hybridized carbons (Fsp3) is 0.258. The highest BCUT2D eigenvalue weighted by molar-refractivity contribution is 6.30. The highest BCUT2D eigenvalue weighted by Crippen LogP contribution is 2.32. The monoisotopic (exact) mass is 560 g/mol. The standard InChI is InChI=1S/C31H34ClFN6O/c1-20-7-5-8-24(17-20)37-30-36-19-25(28(39-30)35-16-6-15-34-4)21-9-14-27(26(33)18-21)38-29(40)31(2,3)22-10-12-23(32)13-11-22/h5,7-14,17-19,34H,6,15-16H2,1-4H3,(H,38,40)(H2,35,36,37,39). The molecule has 4 rings (SSSR count). The molecule has 4 N–H and O–H groups in total. The van der Waals surface area contributed by atoms with Gasteiger partial charge in [-0.15, -0.1) is 0 Å². The molecule has 0 fully saturated rings. The Labute approximate surface area is 239 Å². The molecular weight excluding hydrogens is 527 g/mol. The molecule has 1 aromatic heterocycles. The maximum Gasteiger partial charge on any atom is 0.234 e. The zero-order valence-electron chi connectivity index (χ0n) is 23.1. The summed E-state index contributed by atoms with van der Waals surface area (Å²) < 4.78 is 15.3. The Morgan fingerprint density at radius 1 is 1.02 bits per heavy atom. The second-order valence-electron chi connectivity index (χ2n) is 10.1. The summed E-state index contributed by atoms with van der Waals surface area (Å²) in [4.78, 5) is 22.3. The Morgan fingerprint density at radius 2 is 1.80 bits per heavy atom. The van der Waals surface area contributed by atoms with Crippen LogP contribution in [0.5, 0.6) is 0 Å². The van der Waals surface area contributed by atoms with Gasteiger partial charge < -0.3 is 21.3 Å². The summed E-state index contributed by atoms with van der Waals surface area (Å²) in [6.45, 7) is 7.10. The van der Waals surface area contributed by atoms with Gasteiger partial charge in [0, 0.05) is 29.0 Å². The first-order chi connectivity index (χ1) is 19.2. The maximum absolute atomic E-state index is 15.3. The van der Waals surface area contributed by atoms with E-state index in [1.807, 2.05) is 38.2 Å². The molecule has 0 aliphatic rings. The van der Waals surface area contributed by atoms with Crippen LogP contribution >= 0.6 is 11.6 Å². The number of amides is 1. The van der Waals surface area contributed by atoms with Crippen molar-refractivity contribution < 1.29 is 9.18 Å². The first-order valence-corrected chi connectivity index (χ1v) is 13.5. The van der Waals surface area contributed by atoms with E-state index in [0.717, 1.165) is 29.8 Å². The van der Waals surface area contributed by atoms with Gasteiger partial charge in [-0.25, -0.2) is 9.37 Å². The number of nitrogens with zero attached hydrogens (tertiary/aromatic N) is 2. The lowest BCUT2D eigenvalue weighted by atomic mass is 9.83. The SMILES string of the molecule is CNCCCNc1nc(Nc2cccc(C)c2)ncc1-c1ccc(NC(=O)C(C)(C)c2ccc(Cl)cc2)c(F)c1. The zero-order chi connectivity index (χ0) is 28.7. The van der Waals surface area contributed by atoms with Crippen molar-refractivity contribution in [2.75, 3.05) is 36.1 Å². The van der Waals surface area contributed by atoms with Gasteiger partial charge in [0.1, 0.15) is 11.6 Å². The number of rotatable bonds is 11. The van der Waals surface area contributed by atoms with Crippen molar-refractivity contribution in [3.05, 3.63) is 94.9 Å². The Kier molecular flexibility index (Phi) is 9.34. The number of carbonyl (C=O) groups excluding carboxylic acids is 1. The van der Waals surface area contributed by atoms with Crippen LogP contribution in [0.3, 0.4) is 0 Å². The summed E-state index contributed by atoms with van der Waals surface area (Å²) in [6.07, 6.45) is 2.55. The number of hydrogen-bond donors (Lipinski definition) is 4. The first-order valence-electron chi connectivity index (χ1n) is 13.1. The molecule has 9 heteroatoms. The van der Waals surface area contributed by atoms with Crippen LogP contribution in [-0.2, 0) is 10.2 Å². The number of benzene rings is 3. The van der Waals surface area contributed by atoms with E-state index in [4.69, 9.17) is 11.6 Å². The Morgan fingerprint density at radius 3 is 2.50 bits per heavy atom. The second-order valence-corrected chi connectivity index (χ2v) is 10.6. The van der Waals surface area contributed by atoms with E-state index in [1.165, 1.54) is 6.07 Å². The van der Waals surface area contributed by atoms with Gasteiger partial charge in [0.25, 0.3) is 0 Å². The van der Waals surface area contributed by atoms with Crippen molar-refractivity contribution in [3.8, 4) is 11.1 Å². The molecular formula is C31H34ClFN6O. The summed E-state index contributed by atoms with van der Waals surface area (Å²) in [5.74, 6) is 0.129. The number of aryl methyl sites for hydroxylation is 1.